The standard InChI is InChI=1S/C66H68N3O.Pt/c1-41(2)43-27-29-44(30-28-43)47-31-32-67-58(36-47)49-33-48(34-50(35-49)64(5,6)7)52-25-20-26-59-61(52)68-63(56-37-51(65(8,9)10)38-57(62(56)70)66(11,12)13)69(59)60-40-54(45-21-16-14-17-22-45)53(42(3)4)39-55(60)46-23-18-15-19-24-46;/h14-32,34-42,70H,1-13H3;/q-1;/i41D,42D;. The summed E-state index contributed by atoms with van der Waals surface area (Å²) in [6.45, 7) is 27.5. The van der Waals surface area contributed by atoms with E-state index in [0.29, 0.717) is 11.4 Å². The van der Waals surface area contributed by atoms with Crippen LogP contribution in [0.2, 0.25) is 0 Å². The molecule has 0 saturated heterocycles. The molecule has 0 amide bonds. The van der Waals surface area contributed by atoms with Gasteiger partial charge in [-0.3, -0.25) is 9.55 Å². The quantitative estimate of drug-likeness (QED) is 0.147. The van der Waals surface area contributed by atoms with E-state index in [2.05, 4.69) is 194 Å². The van der Waals surface area contributed by atoms with Crippen molar-refractivity contribution >= 4 is 11.0 Å². The van der Waals surface area contributed by atoms with Gasteiger partial charge in [0.1, 0.15) is 11.6 Å². The number of imidazole rings is 1. The van der Waals surface area contributed by atoms with Crippen LogP contribution in [0.3, 0.4) is 0 Å². The zero-order chi connectivity index (χ0) is 51.7. The van der Waals surface area contributed by atoms with Crippen LogP contribution in [-0.4, -0.2) is 19.6 Å². The topological polar surface area (TPSA) is 50.9 Å². The maximum Gasteiger partial charge on any atom is 0.148 e. The smallest absolute Gasteiger partial charge is 0.148 e. The van der Waals surface area contributed by atoms with E-state index in [4.69, 9.17) is 11.3 Å². The van der Waals surface area contributed by atoms with Gasteiger partial charge in [0, 0.05) is 46.8 Å². The minimum absolute atomic E-state index is 0. The summed E-state index contributed by atoms with van der Waals surface area (Å²) in [6.07, 6.45) is 1.87. The van der Waals surface area contributed by atoms with Gasteiger partial charge >= 0.3 is 0 Å². The molecular weight excluding hydrogens is 1050 g/mol. The molecule has 0 aliphatic carbocycles. The average molecular weight is 1120 g/mol. The molecule has 1 N–H and O–H groups in total. The molecule has 5 heteroatoms. The zero-order valence-corrected chi connectivity index (χ0v) is 45.9. The van der Waals surface area contributed by atoms with Crippen LogP contribution >= 0.6 is 0 Å². The Kier molecular flexibility index (Phi) is 13.4. The van der Waals surface area contributed by atoms with Gasteiger partial charge in [0.15, 0.2) is 0 Å². The van der Waals surface area contributed by atoms with Crippen molar-refractivity contribution in [2.75, 3.05) is 0 Å². The normalized spacial score (nSPS) is 12.9. The number of aromatic nitrogens is 3. The van der Waals surface area contributed by atoms with E-state index in [1.165, 1.54) is 0 Å². The first-order chi connectivity index (χ1) is 33.8. The third-order valence-electron chi connectivity index (χ3n) is 13.7. The molecule has 0 aliphatic heterocycles. The van der Waals surface area contributed by atoms with Crippen molar-refractivity contribution in [1.29, 1.82) is 0 Å². The Hall–Kier alpha value is -6.35. The van der Waals surface area contributed by atoms with Gasteiger partial charge in [-0.05, 0) is 103 Å². The van der Waals surface area contributed by atoms with Crippen LogP contribution in [0.5, 0.6) is 5.75 Å². The largest absolute Gasteiger partial charge is 0.507 e. The second kappa shape index (κ2) is 19.7. The number of aromatic hydroxyl groups is 1. The molecule has 0 spiro atoms. The molecule has 4 nitrogen and oxygen atoms in total. The van der Waals surface area contributed by atoms with Crippen molar-refractivity contribution in [3.63, 3.8) is 0 Å². The van der Waals surface area contributed by atoms with Crippen molar-refractivity contribution < 1.29 is 28.9 Å². The Bertz CT molecular complexity index is 3470. The summed E-state index contributed by atoms with van der Waals surface area (Å²) in [5, 5.41) is 12.8. The Morgan fingerprint density at radius 2 is 1.14 bits per heavy atom. The van der Waals surface area contributed by atoms with Gasteiger partial charge in [-0.1, -0.05) is 210 Å². The molecule has 71 heavy (non-hydrogen) atoms. The van der Waals surface area contributed by atoms with Crippen LogP contribution in [0.1, 0.15) is 132 Å². The number of nitrogens with zero attached hydrogens (tertiary/aromatic N) is 3. The van der Waals surface area contributed by atoms with Gasteiger partial charge in [-0.25, -0.2) is 4.98 Å². The fraction of sp³-hybridized carbons (Fsp3) is 0.273. The van der Waals surface area contributed by atoms with Crippen LogP contribution < -0.4 is 0 Å². The number of rotatable bonds is 9. The third-order valence-corrected chi connectivity index (χ3v) is 13.7. The van der Waals surface area contributed by atoms with Crippen LogP contribution in [-0.2, 0) is 37.3 Å². The van der Waals surface area contributed by atoms with E-state index < -0.39 is 11.8 Å². The number of hydrogen-bond acceptors (Lipinski definition) is 3. The van der Waals surface area contributed by atoms with Crippen molar-refractivity contribution in [3.8, 4) is 78.6 Å². The molecule has 7 aromatic carbocycles. The number of phenolic OH excluding ortho intramolecular Hbond substituents is 1. The Morgan fingerprint density at radius 1 is 0.535 bits per heavy atom. The van der Waals surface area contributed by atoms with E-state index in [1.54, 1.807) is 0 Å². The van der Waals surface area contributed by atoms with E-state index in [1.807, 2.05) is 64.2 Å². The zero-order valence-electron chi connectivity index (χ0n) is 45.6. The summed E-state index contributed by atoms with van der Waals surface area (Å²) in [5.74, 6) is -0.812. The number of hydrogen-bond donors (Lipinski definition) is 1. The molecule has 0 aliphatic rings. The second-order valence-corrected chi connectivity index (χ2v) is 22.5. The Labute approximate surface area is 440 Å². The predicted molar refractivity (Wildman–Crippen MR) is 296 cm³/mol. The second-order valence-electron chi connectivity index (χ2n) is 22.5. The first-order valence-electron chi connectivity index (χ1n) is 25.6. The molecule has 2 aromatic heterocycles. The first-order valence-corrected chi connectivity index (χ1v) is 24.6. The predicted octanol–water partition coefficient (Wildman–Crippen LogP) is 18.1. The molecule has 9 rings (SSSR count). The van der Waals surface area contributed by atoms with Gasteiger partial charge in [0.25, 0.3) is 0 Å². The van der Waals surface area contributed by atoms with Crippen molar-refractivity contribution in [1.82, 2.24) is 14.5 Å². The summed E-state index contributed by atoms with van der Waals surface area (Å²) < 4.78 is 20.3. The molecule has 0 atom stereocenters. The fourth-order valence-corrected chi connectivity index (χ4v) is 9.48. The van der Waals surface area contributed by atoms with Crippen molar-refractivity contribution in [2.45, 2.75) is 118 Å². The van der Waals surface area contributed by atoms with Gasteiger partial charge in [0.05, 0.1) is 22.3 Å². The monoisotopic (exact) mass is 1120 g/mol. The number of phenols is 1. The maximum absolute atomic E-state index is 12.8. The van der Waals surface area contributed by atoms with Crippen LogP contribution in [0, 0.1) is 6.07 Å². The summed E-state index contributed by atoms with van der Waals surface area (Å²) in [7, 11) is 0. The minimum Gasteiger partial charge on any atom is -0.507 e. The summed E-state index contributed by atoms with van der Waals surface area (Å²) in [4.78, 5) is 10.7. The minimum atomic E-state index is -0.939. The summed E-state index contributed by atoms with van der Waals surface area (Å²) in [6, 6.07) is 56.6. The molecule has 0 unspecified atom stereocenters. The molecular formula is C66H68N3OPt-. The number of para-hydroxylation sites is 1. The molecule has 0 bridgehead atoms. The number of benzene rings is 7. The Morgan fingerprint density at radius 3 is 1.73 bits per heavy atom. The van der Waals surface area contributed by atoms with Gasteiger partial charge < -0.3 is 5.11 Å². The van der Waals surface area contributed by atoms with Crippen molar-refractivity contribution in [2.24, 2.45) is 0 Å². The van der Waals surface area contributed by atoms with E-state index in [0.717, 1.165) is 100 Å². The number of pyridine rings is 1. The SMILES string of the molecule is [2H]C(C)(C)c1ccc(-c2ccnc(-c3[c-]c(-c4cccc5c4nc(-c4cc(C(C)(C)C)cc(C(C)(C)C)c4O)n5-c4cc(-c5ccccc5)c(C([2H])(C)C)cc4-c4ccccc4)cc(C(C)(C)C)c3)c2)cc1.[Pt]. The van der Waals surface area contributed by atoms with Crippen LogP contribution in [0.25, 0.3) is 83.9 Å². The molecule has 364 valence electrons. The number of fused-ring (bicyclic) bond motifs is 1. The average Bonchev–Trinajstić information content (AvgIpc) is 3.72. The maximum atomic E-state index is 12.8. The van der Waals surface area contributed by atoms with Crippen LogP contribution in [0.15, 0.2) is 158 Å². The van der Waals surface area contributed by atoms with Crippen molar-refractivity contribution in [3.05, 3.63) is 192 Å². The first kappa shape index (κ1) is 48.3. The molecule has 2 heterocycles. The Balaban J connectivity index is 0.00000711. The summed E-state index contributed by atoms with van der Waals surface area (Å²) in [5.41, 5.74) is 16.8. The van der Waals surface area contributed by atoms with E-state index >= 15 is 0 Å². The van der Waals surface area contributed by atoms with Gasteiger partial charge in [0.2, 0.25) is 0 Å². The summed E-state index contributed by atoms with van der Waals surface area (Å²) >= 11 is 0. The molecule has 0 fully saturated rings. The van der Waals surface area contributed by atoms with Gasteiger partial charge in [-0.15, -0.1) is 29.3 Å². The molecule has 0 saturated carbocycles. The molecule has 0 radical (unpaired) electrons. The molecule has 9 aromatic rings. The third kappa shape index (κ3) is 10.2. The van der Waals surface area contributed by atoms with Gasteiger partial charge in [-0.2, -0.15) is 0 Å². The van der Waals surface area contributed by atoms with E-state index in [9.17, 15) is 6.48 Å². The fourth-order valence-electron chi connectivity index (χ4n) is 9.48. The van der Waals surface area contributed by atoms with Crippen LogP contribution in [0.4, 0.5) is 0 Å². The van der Waals surface area contributed by atoms with E-state index in [-0.39, 0.29) is 43.1 Å².